The van der Waals surface area contributed by atoms with E-state index in [1.54, 1.807) is 0 Å². The van der Waals surface area contributed by atoms with Crippen LogP contribution in [0.3, 0.4) is 0 Å². The summed E-state index contributed by atoms with van der Waals surface area (Å²) in [5.74, 6) is 0.489. The molecular weight excluding hydrogens is 280 g/mol. The van der Waals surface area contributed by atoms with E-state index >= 15 is 0 Å². The van der Waals surface area contributed by atoms with Crippen molar-refractivity contribution in [2.75, 3.05) is 18.0 Å². The fourth-order valence-electron chi connectivity index (χ4n) is 3.23. The van der Waals surface area contributed by atoms with Gasteiger partial charge in [0.1, 0.15) is 11.9 Å². The van der Waals surface area contributed by atoms with Crippen molar-refractivity contribution >= 4 is 22.3 Å². The number of nitrogens with zero attached hydrogens (tertiary/aromatic N) is 3. The summed E-state index contributed by atoms with van der Waals surface area (Å²) in [6.45, 7) is 3.62. The molecular formula is C16H20N4O2. The topological polar surface area (TPSA) is 85.3 Å². The lowest BCUT2D eigenvalue weighted by Crippen LogP contribution is -2.40. The molecule has 0 aliphatic carbocycles. The normalized spacial score (nSPS) is 17.6. The molecule has 2 heterocycles. The zero-order chi connectivity index (χ0) is 15.7. The maximum atomic E-state index is 11.4. The summed E-state index contributed by atoms with van der Waals surface area (Å²) in [7, 11) is 0. The number of pyridine rings is 1. The highest BCUT2D eigenvalue weighted by molar-refractivity contribution is 5.96. The van der Waals surface area contributed by atoms with Crippen LogP contribution in [0.4, 0.5) is 11.4 Å². The van der Waals surface area contributed by atoms with Crippen LogP contribution < -0.4 is 10.6 Å². The first kappa shape index (κ1) is 14.7. The van der Waals surface area contributed by atoms with Gasteiger partial charge in [0.25, 0.3) is 0 Å². The van der Waals surface area contributed by atoms with Crippen molar-refractivity contribution in [3.8, 4) is 0 Å². The largest absolute Gasteiger partial charge is 0.365 e. The number of aromatic nitrogens is 1. The Morgan fingerprint density at radius 3 is 2.68 bits per heavy atom. The van der Waals surface area contributed by atoms with Crippen molar-refractivity contribution in [2.24, 2.45) is 11.7 Å². The number of fused-ring (bicyclic) bond motifs is 1. The van der Waals surface area contributed by atoms with Gasteiger partial charge in [0, 0.05) is 24.5 Å². The van der Waals surface area contributed by atoms with Gasteiger partial charge in [0.05, 0.1) is 10.4 Å². The van der Waals surface area contributed by atoms with Crippen molar-refractivity contribution in [1.82, 2.24) is 4.98 Å². The Balaban J connectivity index is 2.02. The van der Waals surface area contributed by atoms with Crippen LogP contribution in [-0.2, 0) is 0 Å². The van der Waals surface area contributed by atoms with Crippen LogP contribution in [0.15, 0.2) is 30.5 Å². The van der Waals surface area contributed by atoms with Gasteiger partial charge in [-0.25, -0.2) is 4.98 Å². The predicted molar refractivity (Wildman–Crippen MR) is 87.0 cm³/mol. The van der Waals surface area contributed by atoms with Crippen molar-refractivity contribution in [3.05, 3.63) is 40.6 Å². The minimum absolute atomic E-state index is 0.0814. The molecule has 6 nitrogen and oxygen atoms in total. The third kappa shape index (κ3) is 2.62. The molecule has 1 aromatic heterocycles. The number of benzene rings is 1. The average molecular weight is 300 g/mol. The molecule has 22 heavy (non-hydrogen) atoms. The summed E-state index contributed by atoms with van der Waals surface area (Å²) in [5.41, 5.74) is 7.55. The third-order valence-electron chi connectivity index (χ3n) is 4.52. The summed E-state index contributed by atoms with van der Waals surface area (Å²) in [6, 6.07) is 7.75. The van der Waals surface area contributed by atoms with E-state index < -0.39 is 0 Å². The van der Waals surface area contributed by atoms with Crippen LogP contribution in [0.1, 0.15) is 19.8 Å². The van der Waals surface area contributed by atoms with E-state index in [-0.39, 0.29) is 16.7 Å². The van der Waals surface area contributed by atoms with Crippen LogP contribution in [0.5, 0.6) is 0 Å². The monoisotopic (exact) mass is 300 g/mol. The molecule has 2 N–H and O–H groups in total. The summed E-state index contributed by atoms with van der Waals surface area (Å²) in [5, 5.41) is 12.2. The summed E-state index contributed by atoms with van der Waals surface area (Å²) >= 11 is 0. The molecule has 0 saturated carbocycles. The highest BCUT2D eigenvalue weighted by Crippen LogP contribution is 2.37. The lowest BCUT2D eigenvalue weighted by atomic mass is 9.90. The molecule has 0 radical (unpaired) electrons. The molecule has 1 aliphatic rings. The average Bonchev–Trinajstić information content (AvgIpc) is 2.53. The highest BCUT2D eigenvalue weighted by atomic mass is 16.6. The first-order valence-corrected chi connectivity index (χ1v) is 7.60. The van der Waals surface area contributed by atoms with Gasteiger partial charge in [-0.05, 0) is 31.7 Å². The number of anilines is 1. The van der Waals surface area contributed by atoms with Crippen LogP contribution in [-0.4, -0.2) is 29.0 Å². The van der Waals surface area contributed by atoms with E-state index in [9.17, 15) is 10.1 Å². The van der Waals surface area contributed by atoms with Gasteiger partial charge >= 0.3 is 5.69 Å². The lowest BCUT2D eigenvalue weighted by Gasteiger charge is -2.35. The number of para-hydroxylation sites is 1. The minimum atomic E-state index is -0.341. The minimum Gasteiger partial charge on any atom is -0.365 e. The van der Waals surface area contributed by atoms with E-state index in [0.29, 0.717) is 11.6 Å². The van der Waals surface area contributed by atoms with Crippen LogP contribution in [0, 0.1) is 16.0 Å². The zero-order valence-electron chi connectivity index (χ0n) is 12.6. The molecule has 1 aromatic carbocycles. The SMILES string of the molecule is CC(N)C1CCN(c2c([N+](=O)[O-])cnc3ccccc23)CC1. The van der Waals surface area contributed by atoms with Gasteiger partial charge in [-0.15, -0.1) is 0 Å². The second kappa shape index (κ2) is 5.88. The van der Waals surface area contributed by atoms with E-state index in [0.717, 1.165) is 36.8 Å². The van der Waals surface area contributed by atoms with E-state index in [1.807, 2.05) is 31.2 Å². The van der Waals surface area contributed by atoms with Gasteiger partial charge in [-0.3, -0.25) is 10.1 Å². The van der Waals surface area contributed by atoms with E-state index in [4.69, 9.17) is 5.73 Å². The van der Waals surface area contributed by atoms with Crippen molar-refractivity contribution in [1.29, 1.82) is 0 Å². The summed E-state index contributed by atoms with van der Waals surface area (Å²) in [6.07, 6.45) is 3.30. The molecule has 1 saturated heterocycles. The molecule has 2 aromatic rings. The summed E-state index contributed by atoms with van der Waals surface area (Å²) < 4.78 is 0. The fourth-order valence-corrected chi connectivity index (χ4v) is 3.23. The number of piperidine rings is 1. The number of rotatable bonds is 3. The Hall–Kier alpha value is -2.21. The number of nitrogens with two attached hydrogens (primary N) is 1. The molecule has 0 amide bonds. The first-order valence-electron chi connectivity index (χ1n) is 7.60. The molecule has 116 valence electrons. The maximum Gasteiger partial charge on any atom is 0.311 e. The highest BCUT2D eigenvalue weighted by Gasteiger charge is 2.28. The zero-order valence-corrected chi connectivity index (χ0v) is 12.6. The quantitative estimate of drug-likeness (QED) is 0.696. The smallest absolute Gasteiger partial charge is 0.311 e. The van der Waals surface area contributed by atoms with Gasteiger partial charge in [-0.1, -0.05) is 18.2 Å². The Morgan fingerprint density at radius 2 is 2.05 bits per heavy atom. The van der Waals surface area contributed by atoms with Crippen molar-refractivity contribution in [2.45, 2.75) is 25.8 Å². The Morgan fingerprint density at radius 1 is 1.36 bits per heavy atom. The molecule has 0 spiro atoms. The van der Waals surface area contributed by atoms with E-state index in [2.05, 4.69) is 9.88 Å². The molecule has 3 rings (SSSR count). The standard InChI is InChI=1S/C16H20N4O2/c1-11(17)12-6-8-19(9-7-12)16-13-4-2-3-5-14(13)18-10-15(16)20(21)22/h2-5,10-12H,6-9,17H2,1H3. The second-order valence-corrected chi connectivity index (χ2v) is 5.95. The molecule has 1 fully saturated rings. The molecule has 0 bridgehead atoms. The van der Waals surface area contributed by atoms with Crippen LogP contribution in [0.2, 0.25) is 0 Å². The van der Waals surface area contributed by atoms with Gasteiger partial charge < -0.3 is 10.6 Å². The number of nitro groups is 1. The lowest BCUT2D eigenvalue weighted by molar-refractivity contribution is -0.384. The molecule has 6 heteroatoms. The van der Waals surface area contributed by atoms with Gasteiger partial charge in [-0.2, -0.15) is 0 Å². The predicted octanol–water partition coefficient (Wildman–Crippen LogP) is 2.71. The molecule has 1 atom stereocenters. The Labute approximate surface area is 129 Å². The molecule has 1 aliphatic heterocycles. The first-order chi connectivity index (χ1) is 10.6. The van der Waals surface area contributed by atoms with Gasteiger partial charge in [0.15, 0.2) is 0 Å². The fraction of sp³-hybridized carbons (Fsp3) is 0.438. The Bertz CT molecular complexity index is 694. The third-order valence-corrected chi connectivity index (χ3v) is 4.52. The van der Waals surface area contributed by atoms with Crippen molar-refractivity contribution in [3.63, 3.8) is 0 Å². The van der Waals surface area contributed by atoms with Crippen LogP contribution in [0.25, 0.3) is 10.9 Å². The second-order valence-electron chi connectivity index (χ2n) is 5.95. The molecule has 1 unspecified atom stereocenters. The maximum absolute atomic E-state index is 11.4. The number of hydrogen-bond acceptors (Lipinski definition) is 5. The van der Waals surface area contributed by atoms with Crippen LogP contribution >= 0.6 is 0 Å². The van der Waals surface area contributed by atoms with Crippen molar-refractivity contribution < 1.29 is 4.92 Å². The number of hydrogen-bond donors (Lipinski definition) is 1. The van der Waals surface area contributed by atoms with E-state index in [1.165, 1.54) is 6.20 Å². The Kier molecular flexibility index (Phi) is 3.94. The summed E-state index contributed by atoms with van der Waals surface area (Å²) in [4.78, 5) is 17.4. The van der Waals surface area contributed by atoms with Gasteiger partial charge in [0.2, 0.25) is 0 Å².